The van der Waals surface area contributed by atoms with Gasteiger partial charge in [-0.2, -0.15) is 0 Å². The van der Waals surface area contributed by atoms with Gasteiger partial charge in [0.25, 0.3) is 0 Å². The predicted molar refractivity (Wildman–Crippen MR) is 90.3 cm³/mol. The second-order valence-corrected chi connectivity index (χ2v) is 6.48. The zero-order valence-electron chi connectivity index (χ0n) is 14.3. The van der Waals surface area contributed by atoms with Crippen LogP contribution in [0.4, 0.5) is 4.39 Å². The van der Waals surface area contributed by atoms with Crippen molar-refractivity contribution in [2.45, 2.75) is 45.8 Å². The maximum absolute atomic E-state index is 13.2. The third-order valence-electron chi connectivity index (χ3n) is 4.80. The summed E-state index contributed by atoms with van der Waals surface area (Å²) in [6, 6.07) is 6.71. The molecule has 0 radical (unpaired) electrons. The Morgan fingerprint density at radius 1 is 1.24 bits per heavy atom. The first-order chi connectivity index (χ1) is 12.1. The number of aryl methyl sites for hydroxylation is 3. The standard InChI is InChI=1S/C18H20FN5O/c1-11-16(12(2)25-23-11)9-20-15-7-8-17-21-22-18(24(17)10-15)13-3-5-14(19)6-4-13/h3-6,15,20H,7-10H2,1-2H3. The zero-order valence-corrected chi connectivity index (χ0v) is 14.3. The molecule has 3 aromatic rings. The van der Waals surface area contributed by atoms with Gasteiger partial charge in [-0.3, -0.25) is 0 Å². The molecule has 1 atom stereocenters. The van der Waals surface area contributed by atoms with E-state index in [2.05, 4.69) is 25.2 Å². The van der Waals surface area contributed by atoms with Crippen molar-refractivity contribution in [3.05, 3.63) is 52.9 Å². The van der Waals surface area contributed by atoms with Gasteiger partial charge in [-0.15, -0.1) is 10.2 Å². The van der Waals surface area contributed by atoms with Gasteiger partial charge in [0.2, 0.25) is 0 Å². The molecule has 1 aliphatic heterocycles. The fourth-order valence-corrected chi connectivity index (χ4v) is 3.31. The highest BCUT2D eigenvalue weighted by Crippen LogP contribution is 2.24. The van der Waals surface area contributed by atoms with Crippen LogP contribution in [0, 0.1) is 19.7 Å². The normalized spacial score (nSPS) is 16.8. The average molecular weight is 341 g/mol. The van der Waals surface area contributed by atoms with Crippen LogP contribution < -0.4 is 5.32 Å². The molecule has 25 heavy (non-hydrogen) atoms. The van der Waals surface area contributed by atoms with Crippen LogP contribution >= 0.6 is 0 Å². The number of halogens is 1. The molecule has 0 bridgehead atoms. The number of nitrogens with one attached hydrogen (secondary N) is 1. The smallest absolute Gasteiger partial charge is 0.164 e. The molecular formula is C18H20FN5O. The van der Waals surface area contributed by atoms with Gasteiger partial charge in [0.15, 0.2) is 5.82 Å². The lowest BCUT2D eigenvalue weighted by atomic mass is 10.1. The molecule has 130 valence electrons. The average Bonchev–Trinajstić information content (AvgIpc) is 3.17. The quantitative estimate of drug-likeness (QED) is 0.790. The highest BCUT2D eigenvalue weighted by Gasteiger charge is 2.23. The zero-order chi connectivity index (χ0) is 17.4. The molecule has 0 saturated carbocycles. The molecule has 3 heterocycles. The van der Waals surface area contributed by atoms with E-state index in [0.717, 1.165) is 60.2 Å². The second-order valence-electron chi connectivity index (χ2n) is 6.48. The summed E-state index contributed by atoms with van der Waals surface area (Å²) < 4.78 is 20.5. The fraction of sp³-hybridized carbons (Fsp3) is 0.389. The van der Waals surface area contributed by atoms with Crippen LogP contribution in [0.25, 0.3) is 11.4 Å². The maximum atomic E-state index is 13.2. The van der Waals surface area contributed by atoms with Crippen molar-refractivity contribution in [2.24, 2.45) is 0 Å². The van der Waals surface area contributed by atoms with Crippen LogP contribution in [-0.4, -0.2) is 26.0 Å². The van der Waals surface area contributed by atoms with Gasteiger partial charge in [-0.1, -0.05) is 5.16 Å². The van der Waals surface area contributed by atoms with Crippen molar-refractivity contribution in [1.82, 2.24) is 25.2 Å². The minimum atomic E-state index is -0.249. The molecule has 1 N–H and O–H groups in total. The Balaban J connectivity index is 1.51. The molecule has 2 aromatic heterocycles. The molecule has 7 heteroatoms. The lowest BCUT2D eigenvalue weighted by Crippen LogP contribution is -2.37. The lowest BCUT2D eigenvalue weighted by molar-refractivity contribution is 0.375. The molecule has 4 rings (SSSR count). The number of fused-ring (bicyclic) bond motifs is 1. The number of rotatable bonds is 4. The van der Waals surface area contributed by atoms with E-state index in [9.17, 15) is 4.39 Å². The Bertz CT molecular complexity index is 864. The summed E-state index contributed by atoms with van der Waals surface area (Å²) in [5, 5.41) is 16.2. The molecule has 0 saturated heterocycles. The molecule has 1 aromatic carbocycles. The molecule has 6 nitrogen and oxygen atoms in total. The van der Waals surface area contributed by atoms with Gasteiger partial charge >= 0.3 is 0 Å². The van der Waals surface area contributed by atoms with E-state index in [4.69, 9.17) is 4.52 Å². The largest absolute Gasteiger partial charge is 0.361 e. The molecule has 0 spiro atoms. The minimum Gasteiger partial charge on any atom is -0.361 e. The van der Waals surface area contributed by atoms with E-state index in [0.29, 0.717) is 6.04 Å². The molecule has 0 amide bonds. The Morgan fingerprint density at radius 2 is 2.04 bits per heavy atom. The first-order valence-corrected chi connectivity index (χ1v) is 8.45. The minimum absolute atomic E-state index is 0.249. The Kier molecular flexibility index (Phi) is 4.09. The van der Waals surface area contributed by atoms with Crippen molar-refractivity contribution in [3.63, 3.8) is 0 Å². The first-order valence-electron chi connectivity index (χ1n) is 8.45. The van der Waals surface area contributed by atoms with Crippen LogP contribution in [-0.2, 0) is 19.5 Å². The summed E-state index contributed by atoms with van der Waals surface area (Å²) in [7, 11) is 0. The molecule has 0 aliphatic carbocycles. The van der Waals surface area contributed by atoms with Crippen molar-refractivity contribution in [3.8, 4) is 11.4 Å². The molecule has 1 unspecified atom stereocenters. The van der Waals surface area contributed by atoms with Crippen LogP contribution in [0.1, 0.15) is 29.3 Å². The van der Waals surface area contributed by atoms with Crippen molar-refractivity contribution < 1.29 is 8.91 Å². The van der Waals surface area contributed by atoms with E-state index in [-0.39, 0.29) is 5.82 Å². The Morgan fingerprint density at radius 3 is 2.76 bits per heavy atom. The highest BCUT2D eigenvalue weighted by molar-refractivity contribution is 5.55. The summed E-state index contributed by atoms with van der Waals surface area (Å²) in [5.74, 6) is 2.38. The highest BCUT2D eigenvalue weighted by atomic mass is 19.1. The second kappa shape index (κ2) is 6.40. The van der Waals surface area contributed by atoms with E-state index in [1.54, 1.807) is 12.1 Å². The van der Waals surface area contributed by atoms with Gasteiger partial charge in [-0.05, 0) is 44.5 Å². The van der Waals surface area contributed by atoms with Crippen LogP contribution in [0.5, 0.6) is 0 Å². The summed E-state index contributed by atoms with van der Waals surface area (Å²) >= 11 is 0. The monoisotopic (exact) mass is 341 g/mol. The van der Waals surface area contributed by atoms with Crippen LogP contribution in [0.3, 0.4) is 0 Å². The number of hydrogen-bond acceptors (Lipinski definition) is 5. The molecule has 1 aliphatic rings. The summed E-state index contributed by atoms with van der Waals surface area (Å²) in [6.07, 6.45) is 1.87. The summed E-state index contributed by atoms with van der Waals surface area (Å²) in [6.45, 7) is 5.41. The summed E-state index contributed by atoms with van der Waals surface area (Å²) in [5.41, 5.74) is 2.93. The maximum Gasteiger partial charge on any atom is 0.164 e. The third-order valence-corrected chi connectivity index (χ3v) is 4.80. The number of nitrogens with zero attached hydrogens (tertiary/aromatic N) is 4. The SMILES string of the molecule is Cc1noc(C)c1CNC1CCc2nnc(-c3ccc(F)cc3)n2C1. The topological polar surface area (TPSA) is 68.8 Å². The van der Waals surface area contributed by atoms with Gasteiger partial charge in [-0.25, -0.2) is 4.39 Å². The van der Waals surface area contributed by atoms with Gasteiger partial charge in [0, 0.05) is 36.7 Å². The third kappa shape index (κ3) is 3.07. The number of hydrogen-bond donors (Lipinski definition) is 1. The van der Waals surface area contributed by atoms with E-state index in [1.807, 2.05) is 13.8 Å². The van der Waals surface area contributed by atoms with Crippen molar-refractivity contribution >= 4 is 0 Å². The van der Waals surface area contributed by atoms with Crippen LogP contribution in [0.15, 0.2) is 28.8 Å². The van der Waals surface area contributed by atoms with Gasteiger partial charge in [0.05, 0.1) is 5.69 Å². The van der Waals surface area contributed by atoms with Gasteiger partial charge in [0.1, 0.15) is 17.4 Å². The fourth-order valence-electron chi connectivity index (χ4n) is 3.31. The van der Waals surface area contributed by atoms with Crippen molar-refractivity contribution in [1.29, 1.82) is 0 Å². The Hall–Kier alpha value is -2.54. The first kappa shape index (κ1) is 16.0. The Labute approximate surface area is 145 Å². The van der Waals surface area contributed by atoms with E-state index < -0.39 is 0 Å². The number of benzene rings is 1. The van der Waals surface area contributed by atoms with Crippen LogP contribution in [0.2, 0.25) is 0 Å². The van der Waals surface area contributed by atoms with E-state index >= 15 is 0 Å². The lowest BCUT2D eigenvalue weighted by Gasteiger charge is -2.25. The molecular weight excluding hydrogens is 321 g/mol. The predicted octanol–water partition coefficient (Wildman–Crippen LogP) is 2.79. The molecule has 0 fully saturated rings. The summed E-state index contributed by atoms with van der Waals surface area (Å²) in [4.78, 5) is 0. The van der Waals surface area contributed by atoms with E-state index in [1.165, 1.54) is 12.1 Å². The van der Waals surface area contributed by atoms with Gasteiger partial charge < -0.3 is 14.4 Å². The van der Waals surface area contributed by atoms with Crippen molar-refractivity contribution in [2.75, 3.05) is 0 Å². The number of aromatic nitrogens is 4.